The van der Waals surface area contributed by atoms with Gasteiger partial charge in [0.1, 0.15) is 11.6 Å². The lowest BCUT2D eigenvalue weighted by atomic mass is 10.1. The van der Waals surface area contributed by atoms with E-state index in [0.717, 1.165) is 0 Å². The number of carbonyl (C=O) groups excluding carboxylic acids is 2. The van der Waals surface area contributed by atoms with E-state index < -0.39 is 5.60 Å². The molecule has 1 saturated heterocycles. The molecule has 5 heteroatoms. The Bertz CT molecular complexity index is 282. The van der Waals surface area contributed by atoms with Crippen LogP contribution < -0.4 is 5.32 Å². The Hall–Kier alpha value is -1.10. The van der Waals surface area contributed by atoms with Gasteiger partial charge in [-0.05, 0) is 27.2 Å². The summed E-state index contributed by atoms with van der Waals surface area (Å²) in [5.74, 6) is -0.846. The average molecular weight is 229 g/mol. The number of hydrogen-bond acceptors (Lipinski definition) is 5. The van der Waals surface area contributed by atoms with Crippen LogP contribution in [0.1, 0.15) is 27.2 Å². The molecule has 2 atom stereocenters. The smallest absolute Gasteiger partial charge is 0.322 e. The molecule has 0 aromatic rings. The Kier molecular flexibility index (Phi) is 3.91. The van der Waals surface area contributed by atoms with Crippen molar-refractivity contribution in [2.24, 2.45) is 5.92 Å². The normalized spacial score (nSPS) is 25.2. The first-order chi connectivity index (χ1) is 7.33. The van der Waals surface area contributed by atoms with Crippen molar-refractivity contribution in [3.8, 4) is 0 Å². The van der Waals surface area contributed by atoms with Crippen LogP contribution >= 0.6 is 0 Å². The summed E-state index contributed by atoms with van der Waals surface area (Å²) >= 11 is 0. The molecule has 0 amide bonds. The highest BCUT2D eigenvalue weighted by molar-refractivity contribution is 5.80. The highest BCUT2D eigenvalue weighted by Gasteiger charge is 2.36. The van der Waals surface area contributed by atoms with Gasteiger partial charge in [-0.3, -0.25) is 9.59 Å². The third-order valence-corrected chi connectivity index (χ3v) is 2.36. The number of nitrogens with one attached hydrogen (secondary N) is 1. The zero-order chi connectivity index (χ0) is 12.3. The number of carbonyl (C=O) groups is 2. The predicted octanol–water partition coefficient (Wildman–Crippen LogP) is 0.479. The van der Waals surface area contributed by atoms with Gasteiger partial charge in [0.2, 0.25) is 0 Å². The first-order valence-corrected chi connectivity index (χ1v) is 5.37. The molecule has 1 fully saturated rings. The van der Waals surface area contributed by atoms with E-state index in [-0.39, 0.29) is 23.9 Å². The van der Waals surface area contributed by atoms with Gasteiger partial charge in [0.15, 0.2) is 0 Å². The monoisotopic (exact) mass is 229 g/mol. The number of rotatable bonds is 2. The fourth-order valence-electron chi connectivity index (χ4n) is 1.62. The van der Waals surface area contributed by atoms with Crippen LogP contribution in [0.5, 0.6) is 0 Å². The number of hydrogen-bond donors (Lipinski definition) is 1. The van der Waals surface area contributed by atoms with Gasteiger partial charge in [-0.1, -0.05) is 0 Å². The Morgan fingerprint density at radius 3 is 2.38 bits per heavy atom. The van der Waals surface area contributed by atoms with Crippen molar-refractivity contribution < 1.29 is 19.1 Å². The summed E-state index contributed by atoms with van der Waals surface area (Å²) in [6.07, 6.45) is 0.446. The lowest BCUT2D eigenvalue weighted by Gasteiger charge is -2.21. The quantitative estimate of drug-likeness (QED) is 0.698. The summed E-state index contributed by atoms with van der Waals surface area (Å²) in [7, 11) is 1.34. The maximum atomic E-state index is 11.7. The Labute approximate surface area is 95.5 Å². The minimum atomic E-state index is -0.486. The van der Waals surface area contributed by atoms with Gasteiger partial charge in [-0.15, -0.1) is 0 Å². The van der Waals surface area contributed by atoms with Gasteiger partial charge < -0.3 is 14.8 Å². The van der Waals surface area contributed by atoms with E-state index >= 15 is 0 Å². The molecule has 0 radical (unpaired) electrons. The molecule has 1 N–H and O–H groups in total. The molecule has 0 aromatic carbocycles. The molecule has 0 unspecified atom stereocenters. The largest absolute Gasteiger partial charge is 0.468 e. The lowest BCUT2D eigenvalue weighted by molar-refractivity contribution is -0.159. The van der Waals surface area contributed by atoms with Crippen molar-refractivity contribution in [2.45, 2.75) is 38.8 Å². The van der Waals surface area contributed by atoms with E-state index in [1.54, 1.807) is 0 Å². The van der Waals surface area contributed by atoms with Gasteiger partial charge >= 0.3 is 11.9 Å². The van der Waals surface area contributed by atoms with Crippen molar-refractivity contribution in [1.29, 1.82) is 0 Å². The standard InChI is InChI=1S/C11H19NO4/c1-11(2,3)16-9(13)7-5-8(12-6-7)10(14)15-4/h7-8,12H,5-6H2,1-4H3/t7-,8+/m1/s1. The second-order valence-electron chi connectivity index (χ2n) is 4.95. The van der Waals surface area contributed by atoms with Gasteiger partial charge in [0, 0.05) is 6.54 Å². The fourth-order valence-corrected chi connectivity index (χ4v) is 1.62. The van der Waals surface area contributed by atoms with Crippen LogP contribution in [0.4, 0.5) is 0 Å². The molecule has 1 aliphatic heterocycles. The molecule has 1 heterocycles. The molecule has 0 saturated carbocycles. The molecule has 0 aromatic heterocycles. The van der Waals surface area contributed by atoms with Crippen LogP contribution in [0.3, 0.4) is 0 Å². The summed E-state index contributed by atoms with van der Waals surface area (Å²) in [6, 6.07) is -0.387. The summed E-state index contributed by atoms with van der Waals surface area (Å²) in [5, 5.41) is 2.95. The van der Waals surface area contributed by atoms with Crippen molar-refractivity contribution in [1.82, 2.24) is 5.32 Å². The van der Waals surface area contributed by atoms with E-state index in [2.05, 4.69) is 10.1 Å². The summed E-state index contributed by atoms with van der Waals surface area (Å²) in [6.45, 7) is 5.94. The Morgan fingerprint density at radius 2 is 1.88 bits per heavy atom. The van der Waals surface area contributed by atoms with Gasteiger partial charge in [0.05, 0.1) is 13.0 Å². The zero-order valence-electron chi connectivity index (χ0n) is 10.2. The van der Waals surface area contributed by atoms with Crippen LogP contribution in [0.2, 0.25) is 0 Å². The van der Waals surface area contributed by atoms with Crippen molar-refractivity contribution >= 4 is 11.9 Å². The highest BCUT2D eigenvalue weighted by Crippen LogP contribution is 2.19. The molecule has 1 aliphatic rings. The third-order valence-electron chi connectivity index (χ3n) is 2.36. The minimum absolute atomic E-state index is 0.258. The zero-order valence-corrected chi connectivity index (χ0v) is 10.2. The first-order valence-electron chi connectivity index (χ1n) is 5.37. The third kappa shape index (κ3) is 3.48. The number of methoxy groups -OCH3 is 1. The van der Waals surface area contributed by atoms with Gasteiger partial charge in [0.25, 0.3) is 0 Å². The fraction of sp³-hybridized carbons (Fsp3) is 0.818. The molecular weight excluding hydrogens is 210 g/mol. The molecule has 16 heavy (non-hydrogen) atoms. The second kappa shape index (κ2) is 4.82. The molecule has 0 bridgehead atoms. The van der Waals surface area contributed by atoms with Crippen LogP contribution in [-0.4, -0.2) is 37.2 Å². The number of esters is 2. The molecule has 0 aliphatic carbocycles. The average Bonchev–Trinajstić information content (AvgIpc) is 2.62. The van der Waals surface area contributed by atoms with E-state index in [4.69, 9.17) is 4.74 Å². The van der Waals surface area contributed by atoms with Crippen LogP contribution in [0, 0.1) is 5.92 Å². The summed E-state index contributed by atoms with van der Waals surface area (Å²) < 4.78 is 9.86. The van der Waals surface area contributed by atoms with Crippen molar-refractivity contribution in [3.63, 3.8) is 0 Å². The van der Waals surface area contributed by atoms with Gasteiger partial charge in [-0.25, -0.2) is 0 Å². The number of ether oxygens (including phenoxy) is 2. The Balaban J connectivity index is 2.47. The molecule has 5 nitrogen and oxygen atoms in total. The SMILES string of the molecule is COC(=O)[C@@H]1C[C@@H](C(=O)OC(C)(C)C)CN1. The van der Waals surface area contributed by atoms with Gasteiger partial charge in [-0.2, -0.15) is 0 Å². The van der Waals surface area contributed by atoms with Crippen molar-refractivity contribution in [3.05, 3.63) is 0 Å². The van der Waals surface area contributed by atoms with Crippen LogP contribution in [-0.2, 0) is 19.1 Å². The minimum Gasteiger partial charge on any atom is -0.468 e. The van der Waals surface area contributed by atoms with Crippen LogP contribution in [0.25, 0.3) is 0 Å². The molecule has 92 valence electrons. The maximum absolute atomic E-state index is 11.7. The Morgan fingerprint density at radius 1 is 1.25 bits per heavy atom. The van der Waals surface area contributed by atoms with Crippen molar-refractivity contribution in [2.75, 3.05) is 13.7 Å². The second-order valence-corrected chi connectivity index (χ2v) is 4.95. The molecule has 0 spiro atoms. The summed E-state index contributed by atoms with van der Waals surface area (Å²) in [5.41, 5.74) is -0.486. The maximum Gasteiger partial charge on any atom is 0.322 e. The highest BCUT2D eigenvalue weighted by atomic mass is 16.6. The summed E-state index contributed by atoms with van der Waals surface area (Å²) in [4.78, 5) is 22.9. The molecular formula is C11H19NO4. The van der Waals surface area contributed by atoms with E-state index in [9.17, 15) is 9.59 Å². The predicted molar refractivity (Wildman–Crippen MR) is 57.8 cm³/mol. The molecule has 1 rings (SSSR count). The first kappa shape index (κ1) is 13.0. The van der Waals surface area contributed by atoms with E-state index in [1.165, 1.54) is 7.11 Å². The topological polar surface area (TPSA) is 64.6 Å². The van der Waals surface area contributed by atoms with Crippen LogP contribution in [0.15, 0.2) is 0 Å². The van der Waals surface area contributed by atoms with E-state index in [0.29, 0.717) is 13.0 Å². The van der Waals surface area contributed by atoms with E-state index in [1.807, 2.05) is 20.8 Å². The lowest BCUT2D eigenvalue weighted by Crippen LogP contribution is -2.31.